The van der Waals surface area contributed by atoms with Gasteiger partial charge in [0.15, 0.2) is 5.82 Å². The first-order valence-corrected chi connectivity index (χ1v) is 5.70. The van der Waals surface area contributed by atoms with Gasteiger partial charge < -0.3 is 5.73 Å². The minimum absolute atomic E-state index is 0.226. The molecule has 0 aliphatic rings. The number of anilines is 1. The Hall–Kier alpha value is -2.11. The first-order chi connectivity index (χ1) is 8.30. The maximum Gasteiger partial charge on any atom is 0.296 e. The Bertz CT molecular complexity index is 633. The van der Waals surface area contributed by atoms with Crippen molar-refractivity contribution in [2.24, 2.45) is 0 Å². The molecule has 6 nitrogen and oxygen atoms in total. The minimum Gasteiger partial charge on any atom is -0.393 e. The second-order valence-electron chi connectivity index (χ2n) is 5.31. The SMILES string of the molecule is Cc1cc(-n2[nH]c(C(C)(C)C)c(N)c2=O)ncn1. The Labute approximate surface area is 105 Å². The average Bonchev–Trinajstić information content (AvgIpc) is 2.55. The predicted octanol–water partition coefficient (Wildman–Crippen LogP) is 1.14. The maximum atomic E-state index is 12.1. The molecular weight excluding hydrogens is 230 g/mol. The highest BCUT2D eigenvalue weighted by Gasteiger charge is 2.23. The van der Waals surface area contributed by atoms with Crippen molar-refractivity contribution in [3.63, 3.8) is 0 Å². The van der Waals surface area contributed by atoms with Crippen molar-refractivity contribution in [1.82, 2.24) is 19.7 Å². The summed E-state index contributed by atoms with van der Waals surface area (Å²) in [6, 6.07) is 1.73. The highest BCUT2D eigenvalue weighted by molar-refractivity contribution is 5.46. The number of rotatable bonds is 1. The molecule has 2 aromatic heterocycles. The number of H-pyrrole nitrogens is 1. The standard InChI is InChI=1S/C12H17N5O/c1-7-5-8(15-6-14-7)17-11(18)9(13)10(16-17)12(2,3)4/h5-6,16H,13H2,1-4H3. The molecule has 6 heteroatoms. The molecule has 0 unspecified atom stereocenters. The van der Waals surface area contributed by atoms with Crippen molar-refractivity contribution in [3.05, 3.63) is 34.1 Å². The molecule has 0 amide bonds. The summed E-state index contributed by atoms with van der Waals surface area (Å²) in [5.41, 5.74) is 7.09. The zero-order valence-corrected chi connectivity index (χ0v) is 11.0. The summed E-state index contributed by atoms with van der Waals surface area (Å²) in [6.45, 7) is 7.81. The van der Waals surface area contributed by atoms with E-state index in [0.717, 1.165) is 5.69 Å². The van der Waals surface area contributed by atoms with E-state index in [1.54, 1.807) is 6.07 Å². The highest BCUT2D eigenvalue weighted by Crippen LogP contribution is 2.23. The van der Waals surface area contributed by atoms with Gasteiger partial charge in [0.25, 0.3) is 5.56 Å². The number of aromatic amines is 1. The largest absolute Gasteiger partial charge is 0.393 e. The van der Waals surface area contributed by atoms with Gasteiger partial charge in [0.2, 0.25) is 0 Å². The van der Waals surface area contributed by atoms with Crippen LogP contribution in [0.15, 0.2) is 17.2 Å². The summed E-state index contributed by atoms with van der Waals surface area (Å²) >= 11 is 0. The molecule has 0 saturated carbocycles. The normalized spacial score (nSPS) is 11.8. The van der Waals surface area contributed by atoms with Crippen molar-refractivity contribution in [1.29, 1.82) is 0 Å². The molecule has 2 aromatic rings. The molecule has 0 aliphatic carbocycles. The van der Waals surface area contributed by atoms with Crippen molar-refractivity contribution in [3.8, 4) is 5.82 Å². The molecule has 0 atom stereocenters. The maximum absolute atomic E-state index is 12.1. The van der Waals surface area contributed by atoms with E-state index >= 15 is 0 Å². The van der Waals surface area contributed by atoms with E-state index < -0.39 is 0 Å². The van der Waals surface area contributed by atoms with E-state index in [4.69, 9.17) is 5.73 Å². The van der Waals surface area contributed by atoms with Gasteiger partial charge in [0.05, 0.1) is 5.69 Å². The van der Waals surface area contributed by atoms with Crippen LogP contribution in [-0.2, 0) is 5.41 Å². The lowest BCUT2D eigenvalue weighted by molar-refractivity contribution is 0.560. The van der Waals surface area contributed by atoms with Crippen LogP contribution in [0.4, 0.5) is 5.69 Å². The average molecular weight is 247 g/mol. The van der Waals surface area contributed by atoms with Crippen LogP contribution in [0.5, 0.6) is 0 Å². The molecule has 2 heterocycles. The number of aryl methyl sites for hydroxylation is 1. The van der Waals surface area contributed by atoms with Crippen LogP contribution in [0.3, 0.4) is 0 Å². The van der Waals surface area contributed by atoms with E-state index in [-0.39, 0.29) is 16.7 Å². The lowest BCUT2D eigenvalue weighted by atomic mass is 9.91. The van der Waals surface area contributed by atoms with Gasteiger partial charge in [0.1, 0.15) is 12.0 Å². The molecule has 96 valence electrons. The first-order valence-electron chi connectivity index (χ1n) is 5.70. The predicted molar refractivity (Wildman–Crippen MR) is 69.8 cm³/mol. The molecule has 3 N–H and O–H groups in total. The lowest BCUT2D eigenvalue weighted by Crippen LogP contribution is -2.18. The monoisotopic (exact) mass is 247 g/mol. The fourth-order valence-electron chi connectivity index (χ4n) is 1.75. The molecule has 0 aliphatic heterocycles. The molecule has 0 fully saturated rings. The van der Waals surface area contributed by atoms with Crippen LogP contribution in [0.1, 0.15) is 32.2 Å². The summed E-state index contributed by atoms with van der Waals surface area (Å²) in [4.78, 5) is 20.2. The summed E-state index contributed by atoms with van der Waals surface area (Å²) in [5.74, 6) is 0.495. The Kier molecular flexibility index (Phi) is 2.73. The van der Waals surface area contributed by atoms with Gasteiger partial charge in [-0.2, -0.15) is 4.68 Å². The van der Waals surface area contributed by atoms with E-state index in [0.29, 0.717) is 11.5 Å². The number of nitrogens with zero attached hydrogens (tertiary/aromatic N) is 3. The third kappa shape index (κ3) is 2.01. The molecule has 0 saturated heterocycles. The number of nitrogens with one attached hydrogen (secondary N) is 1. The first kappa shape index (κ1) is 12.3. The zero-order chi connectivity index (χ0) is 13.5. The molecular formula is C12H17N5O. The van der Waals surface area contributed by atoms with Crippen molar-refractivity contribution in [2.75, 3.05) is 5.73 Å². The van der Waals surface area contributed by atoms with Gasteiger partial charge in [-0.05, 0) is 6.92 Å². The van der Waals surface area contributed by atoms with E-state index in [1.165, 1.54) is 11.0 Å². The van der Waals surface area contributed by atoms with Crippen LogP contribution < -0.4 is 11.3 Å². The van der Waals surface area contributed by atoms with Gasteiger partial charge >= 0.3 is 0 Å². The van der Waals surface area contributed by atoms with Crippen LogP contribution in [0, 0.1) is 6.92 Å². The van der Waals surface area contributed by atoms with Gasteiger partial charge in [-0.15, -0.1) is 0 Å². The highest BCUT2D eigenvalue weighted by atomic mass is 16.1. The van der Waals surface area contributed by atoms with Crippen LogP contribution >= 0.6 is 0 Å². The van der Waals surface area contributed by atoms with Crippen molar-refractivity contribution >= 4 is 5.69 Å². The summed E-state index contributed by atoms with van der Waals surface area (Å²) in [5, 5.41) is 3.02. The van der Waals surface area contributed by atoms with Crippen LogP contribution in [0.2, 0.25) is 0 Å². The number of hydrogen-bond acceptors (Lipinski definition) is 4. The van der Waals surface area contributed by atoms with Crippen LogP contribution in [-0.4, -0.2) is 19.7 Å². The van der Waals surface area contributed by atoms with E-state index in [1.807, 2.05) is 27.7 Å². The van der Waals surface area contributed by atoms with Crippen LogP contribution in [0.25, 0.3) is 5.82 Å². The molecule has 0 spiro atoms. The van der Waals surface area contributed by atoms with Crippen molar-refractivity contribution < 1.29 is 0 Å². The lowest BCUT2D eigenvalue weighted by Gasteiger charge is -2.16. The third-order valence-electron chi connectivity index (χ3n) is 2.69. The second kappa shape index (κ2) is 3.97. The fourth-order valence-corrected chi connectivity index (χ4v) is 1.75. The molecule has 0 radical (unpaired) electrons. The fraction of sp³-hybridized carbons (Fsp3) is 0.417. The number of nitrogens with two attached hydrogens (primary N) is 1. The topological polar surface area (TPSA) is 89.6 Å². The Morgan fingerprint density at radius 3 is 2.50 bits per heavy atom. The second-order valence-corrected chi connectivity index (χ2v) is 5.31. The third-order valence-corrected chi connectivity index (χ3v) is 2.69. The van der Waals surface area contributed by atoms with Gasteiger partial charge in [-0.3, -0.25) is 9.89 Å². The summed E-state index contributed by atoms with van der Waals surface area (Å²) in [6.07, 6.45) is 1.42. The quantitative estimate of drug-likeness (QED) is 0.790. The van der Waals surface area contributed by atoms with Gasteiger partial charge in [0, 0.05) is 17.2 Å². The Balaban J connectivity index is 2.64. The molecule has 0 aromatic carbocycles. The van der Waals surface area contributed by atoms with Crippen molar-refractivity contribution in [2.45, 2.75) is 33.1 Å². The van der Waals surface area contributed by atoms with E-state index in [2.05, 4.69) is 15.1 Å². The number of aromatic nitrogens is 4. The minimum atomic E-state index is -0.280. The summed E-state index contributed by atoms with van der Waals surface area (Å²) in [7, 11) is 0. The smallest absolute Gasteiger partial charge is 0.296 e. The van der Waals surface area contributed by atoms with Gasteiger partial charge in [-0.25, -0.2) is 9.97 Å². The van der Waals surface area contributed by atoms with E-state index in [9.17, 15) is 4.79 Å². The van der Waals surface area contributed by atoms with Gasteiger partial charge in [-0.1, -0.05) is 20.8 Å². The number of hydrogen-bond donors (Lipinski definition) is 2. The summed E-state index contributed by atoms with van der Waals surface area (Å²) < 4.78 is 1.35. The molecule has 0 bridgehead atoms. The number of nitrogen functional groups attached to an aromatic ring is 1. The zero-order valence-electron chi connectivity index (χ0n) is 11.0. The molecule has 18 heavy (non-hydrogen) atoms. The molecule has 2 rings (SSSR count). The Morgan fingerprint density at radius 2 is 2.00 bits per heavy atom. The Morgan fingerprint density at radius 1 is 1.33 bits per heavy atom.